The van der Waals surface area contributed by atoms with E-state index in [1.807, 2.05) is 4.68 Å². The number of methoxy groups -OCH3 is 1. The number of aromatic nitrogens is 4. The van der Waals surface area contributed by atoms with Crippen molar-refractivity contribution in [1.29, 1.82) is 0 Å². The van der Waals surface area contributed by atoms with Crippen LogP contribution in [0.2, 0.25) is 0 Å². The third kappa shape index (κ3) is 5.32. The lowest BCUT2D eigenvalue weighted by Crippen LogP contribution is -2.38. The minimum Gasteiger partial charge on any atom is -0.495 e. The topological polar surface area (TPSA) is 106 Å². The van der Waals surface area contributed by atoms with Crippen molar-refractivity contribution >= 4 is 28.6 Å². The van der Waals surface area contributed by atoms with Crippen LogP contribution in [0.3, 0.4) is 0 Å². The van der Waals surface area contributed by atoms with Crippen LogP contribution in [-0.4, -0.2) is 70.6 Å². The lowest BCUT2D eigenvalue weighted by molar-refractivity contribution is -0.213. The molecule has 0 radical (unpaired) electrons. The first-order chi connectivity index (χ1) is 17.7. The molecule has 0 spiro atoms. The molecule has 0 saturated carbocycles. The first-order valence-electron chi connectivity index (χ1n) is 12.1. The van der Waals surface area contributed by atoms with E-state index in [9.17, 15) is 18.0 Å². The molecule has 4 heterocycles. The number of rotatable bonds is 6. The van der Waals surface area contributed by atoms with Gasteiger partial charge in [-0.1, -0.05) is 0 Å². The summed E-state index contributed by atoms with van der Waals surface area (Å²) in [5, 5.41) is 11.8. The summed E-state index contributed by atoms with van der Waals surface area (Å²) in [5.41, 5.74) is 2.28. The molecule has 198 valence electrons. The second-order valence-corrected chi connectivity index (χ2v) is 9.37. The van der Waals surface area contributed by atoms with Crippen molar-refractivity contribution < 1.29 is 27.4 Å². The fourth-order valence-electron chi connectivity index (χ4n) is 4.83. The molecule has 0 amide bonds. The van der Waals surface area contributed by atoms with Gasteiger partial charge in [0, 0.05) is 24.8 Å². The van der Waals surface area contributed by atoms with Crippen LogP contribution < -0.4 is 15.4 Å². The Balaban J connectivity index is 1.44. The molecule has 13 heteroatoms. The molecule has 5 rings (SSSR count). The summed E-state index contributed by atoms with van der Waals surface area (Å²) in [5.74, 6) is -1.04. The van der Waals surface area contributed by atoms with Gasteiger partial charge in [-0.15, -0.1) is 0 Å². The number of carbonyl (C=O) groups excluding carboxylic acids is 1. The molecule has 1 aromatic carbocycles. The van der Waals surface area contributed by atoms with Crippen molar-refractivity contribution in [3.63, 3.8) is 0 Å². The van der Waals surface area contributed by atoms with Gasteiger partial charge in [-0.25, -0.2) is 14.5 Å². The summed E-state index contributed by atoms with van der Waals surface area (Å²) in [4.78, 5) is 22.2. The number of hydrogen-bond acceptors (Lipinski definition) is 9. The highest BCUT2D eigenvalue weighted by molar-refractivity contribution is 5.77. The van der Waals surface area contributed by atoms with E-state index < -0.39 is 18.4 Å². The fraction of sp³-hybridized carbons (Fsp3) is 0.500. The van der Waals surface area contributed by atoms with E-state index in [1.165, 1.54) is 7.11 Å². The molecule has 10 nitrogen and oxygen atoms in total. The quantitative estimate of drug-likeness (QED) is 0.475. The largest absolute Gasteiger partial charge is 0.495 e. The van der Waals surface area contributed by atoms with Gasteiger partial charge < -0.3 is 20.1 Å². The zero-order chi connectivity index (χ0) is 26.2. The van der Waals surface area contributed by atoms with Gasteiger partial charge in [0.05, 0.1) is 24.4 Å². The van der Waals surface area contributed by atoms with Crippen LogP contribution in [0.5, 0.6) is 5.75 Å². The van der Waals surface area contributed by atoms with Crippen LogP contribution in [-0.2, 0) is 22.5 Å². The van der Waals surface area contributed by atoms with Crippen LogP contribution in [0.15, 0.2) is 24.5 Å². The van der Waals surface area contributed by atoms with Crippen LogP contribution >= 0.6 is 0 Å². The number of nitrogens with one attached hydrogen (secondary N) is 2. The van der Waals surface area contributed by atoms with Crippen molar-refractivity contribution in [2.75, 3.05) is 39.1 Å². The van der Waals surface area contributed by atoms with Gasteiger partial charge in [-0.05, 0) is 63.0 Å². The Morgan fingerprint density at radius 1 is 1.30 bits per heavy atom. The van der Waals surface area contributed by atoms with E-state index >= 15 is 0 Å². The van der Waals surface area contributed by atoms with Crippen molar-refractivity contribution in [3.8, 4) is 5.75 Å². The third-order valence-electron chi connectivity index (χ3n) is 6.76. The predicted molar refractivity (Wildman–Crippen MR) is 128 cm³/mol. The van der Waals surface area contributed by atoms with Gasteiger partial charge in [-0.3, -0.25) is 4.90 Å². The minimum absolute atomic E-state index is 0.280. The maximum atomic E-state index is 12.9. The molecule has 2 aliphatic heterocycles. The Hall–Kier alpha value is -3.45. The molecule has 2 atom stereocenters. The van der Waals surface area contributed by atoms with Gasteiger partial charge in [0.1, 0.15) is 5.75 Å². The first-order valence-corrected chi connectivity index (χ1v) is 12.1. The molecular formula is C24H28F3N7O3. The molecule has 2 aliphatic rings. The third-order valence-corrected chi connectivity index (χ3v) is 6.76. The lowest BCUT2D eigenvalue weighted by Gasteiger charge is -2.34. The molecule has 0 bridgehead atoms. The molecule has 1 saturated heterocycles. The average molecular weight is 520 g/mol. The van der Waals surface area contributed by atoms with Crippen molar-refractivity contribution in [1.82, 2.24) is 30.0 Å². The van der Waals surface area contributed by atoms with Crippen molar-refractivity contribution in [2.45, 2.75) is 38.2 Å². The van der Waals surface area contributed by atoms with Gasteiger partial charge in [-0.2, -0.15) is 23.3 Å². The number of piperidine rings is 1. The Labute approximate surface area is 211 Å². The maximum absolute atomic E-state index is 12.9. The van der Waals surface area contributed by atoms with E-state index in [1.54, 1.807) is 36.5 Å². The number of halogens is 3. The highest BCUT2D eigenvalue weighted by atomic mass is 19.4. The first kappa shape index (κ1) is 25.2. The van der Waals surface area contributed by atoms with E-state index in [0.717, 1.165) is 43.4 Å². The number of carbonyl (C=O) groups is 1. The van der Waals surface area contributed by atoms with E-state index in [2.05, 4.69) is 25.7 Å². The van der Waals surface area contributed by atoms with E-state index in [0.29, 0.717) is 41.5 Å². The molecule has 3 aromatic rings. The standard InChI is InChI=1S/C24H28F3N7O3/c1-33-7-5-15-8-19(36-2)18(9-17(15)21(33)37-22(35)24(25,26)27)31-23-29-11-16-12-30-34(20(16)32-23)13-14-4-3-6-28-10-14/h8-9,11-12,14,21,28H,3-7,10,13H2,1-2H3,(H,29,31,32)/t14-,21?/m1/s1. The Morgan fingerprint density at radius 3 is 2.86 bits per heavy atom. The van der Waals surface area contributed by atoms with Gasteiger partial charge in [0.15, 0.2) is 11.9 Å². The Morgan fingerprint density at radius 2 is 2.14 bits per heavy atom. The highest BCUT2D eigenvalue weighted by Gasteiger charge is 2.44. The number of alkyl halides is 3. The van der Waals surface area contributed by atoms with Crippen molar-refractivity contribution in [2.24, 2.45) is 5.92 Å². The second kappa shape index (κ2) is 10.1. The monoisotopic (exact) mass is 519 g/mol. The zero-order valence-corrected chi connectivity index (χ0v) is 20.5. The van der Waals surface area contributed by atoms with Crippen LogP contribution in [0.1, 0.15) is 30.2 Å². The SMILES string of the molecule is COc1cc2c(cc1Nc1ncc3cnn(C[C@@H]4CCCNC4)c3n1)C(OC(=O)C(F)(F)F)N(C)CC2. The normalized spacial score (nSPS) is 20.5. The van der Waals surface area contributed by atoms with Crippen LogP contribution in [0, 0.1) is 5.92 Å². The number of benzene rings is 1. The molecule has 0 aliphatic carbocycles. The van der Waals surface area contributed by atoms with Gasteiger partial charge in [0.2, 0.25) is 5.95 Å². The number of likely N-dealkylation sites (N-methyl/N-ethyl adjacent to an activating group) is 1. The van der Waals surface area contributed by atoms with Crippen LogP contribution in [0.4, 0.5) is 24.8 Å². The maximum Gasteiger partial charge on any atom is 0.490 e. The number of ether oxygens (including phenoxy) is 2. The predicted octanol–water partition coefficient (Wildman–Crippen LogP) is 3.17. The average Bonchev–Trinajstić information content (AvgIpc) is 3.27. The minimum atomic E-state index is -5.09. The summed E-state index contributed by atoms with van der Waals surface area (Å²) in [7, 11) is 3.11. The number of nitrogens with zero attached hydrogens (tertiary/aromatic N) is 5. The number of anilines is 2. The van der Waals surface area contributed by atoms with E-state index in [-0.39, 0.29) is 5.95 Å². The Kier molecular flexibility index (Phi) is 6.90. The van der Waals surface area contributed by atoms with Crippen LogP contribution in [0.25, 0.3) is 11.0 Å². The number of fused-ring (bicyclic) bond motifs is 2. The molecular weight excluding hydrogens is 491 g/mol. The zero-order valence-electron chi connectivity index (χ0n) is 20.5. The Bertz CT molecular complexity index is 1290. The summed E-state index contributed by atoms with van der Waals surface area (Å²) in [6.45, 7) is 3.10. The summed E-state index contributed by atoms with van der Waals surface area (Å²) < 4.78 is 51.0. The highest BCUT2D eigenvalue weighted by Crippen LogP contribution is 2.38. The summed E-state index contributed by atoms with van der Waals surface area (Å²) in [6.07, 6.45) is -0.0989. The molecule has 1 unspecified atom stereocenters. The molecule has 1 fully saturated rings. The van der Waals surface area contributed by atoms with Gasteiger partial charge >= 0.3 is 12.1 Å². The molecule has 37 heavy (non-hydrogen) atoms. The number of hydrogen-bond donors (Lipinski definition) is 2. The molecule has 2 aromatic heterocycles. The van der Waals surface area contributed by atoms with Crippen molar-refractivity contribution in [3.05, 3.63) is 35.7 Å². The fourth-order valence-corrected chi connectivity index (χ4v) is 4.83. The van der Waals surface area contributed by atoms with Gasteiger partial charge in [0.25, 0.3) is 0 Å². The smallest absolute Gasteiger partial charge is 0.490 e. The molecule has 2 N–H and O–H groups in total. The lowest BCUT2D eigenvalue weighted by atomic mass is 9.97. The van der Waals surface area contributed by atoms with E-state index in [4.69, 9.17) is 9.47 Å². The summed E-state index contributed by atoms with van der Waals surface area (Å²) in [6, 6.07) is 3.36. The second-order valence-electron chi connectivity index (χ2n) is 9.37. The summed E-state index contributed by atoms with van der Waals surface area (Å²) >= 11 is 0. The number of esters is 1.